The van der Waals surface area contributed by atoms with Crippen LogP contribution in [0.1, 0.15) is 5.56 Å². The molecule has 0 aliphatic carbocycles. The standard InChI is InChI=1S/C10H13N3OS3/c1-15-9-12-13-10(17-9)16-5-3-11-6-8-2-4-14-7-8/h2,4,7,11H,3,5-6H2,1H3. The predicted molar refractivity (Wildman–Crippen MR) is 72.8 cm³/mol. The molecule has 0 unspecified atom stereocenters. The minimum absolute atomic E-state index is 0.850. The molecule has 0 radical (unpaired) electrons. The van der Waals surface area contributed by atoms with Crippen LogP contribution in [0.25, 0.3) is 0 Å². The number of nitrogens with zero attached hydrogens (tertiary/aromatic N) is 2. The zero-order valence-corrected chi connectivity index (χ0v) is 11.8. The maximum atomic E-state index is 4.99. The molecule has 0 saturated heterocycles. The molecule has 17 heavy (non-hydrogen) atoms. The Hall–Kier alpha value is -0.500. The maximum absolute atomic E-state index is 4.99. The van der Waals surface area contributed by atoms with Gasteiger partial charge in [0.2, 0.25) is 0 Å². The van der Waals surface area contributed by atoms with Gasteiger partial charge in [0.25, 0.3) is 0 Å². The van der Waals surface area contributed by atoms with E-state index in [2.05, 4.69) is 15.5 Å². The normalized spacial score (nSPS) is 10.9. The molecule has 2 heterocycles. The number of nitrogens with one attached hydrogen (secondary N) is 1. The summed E-state index contributed by atoms with van der Waals surface area (Å²) >= 11 is 5.03. The van der Waals surface area contributed by atoms with Crippen LogP contribution in [0.5, 0.6) is 0 Å². The second-order valence-electron chi connectivity index (χ2n) is 3.19. The Labute approximate surface area is 113 Å². The Morgan fingerprint density at radius 2 is 2.29 bits per heavy atom. The van der Waals surface area contributed by atoms with E-state index in [1.807, 2.05) is 12.3 Å². The van der Waals surface area contributed by atoms with E-state index in [0.29, 0.717) is 0 Å². The highest BCUT2D eigenvalue weighted by atomic mass is 32.2. The fourth-order valence-corrected chi connectivity index (χ4v) is 3.58. The zero-order chi connectivity index (χ0) is 11.9. The van der Waals surface area contributed by atoms with Crippen LogP contribution < -0.4 is 5.32 Å². The van der Waals surface area contributed by atoms with E-state index < -0.39 is 0 Å². The van der Waals surface area contributed by atoms with Crippen LogP contribution in [-0.2, 0) is 6.54 Å². The van der Waals surface area contributed by atoms with Gasteiger partial charge in [0, 0.05) is 24.4 Å². The lowest BCUT2D eigenvalue weighted by atomic mass is 10.3. The third-order valence-corrected chi connectivity index (χ3v) is 5.01. The first kappa shape index (κ1) is 12.9. The zero-order valence-electron chi connectivity index (χ0n) is 9.38. The quantitative estimate of drug-likeness (QED) is 0.624. The van der Waals surface area contributed by atoms with Crippen molar-refractivity contribution in [2.75, 3.05) is 18.6 Å². The summed E-state index contributed by atoms with van der Waals surface area (Å²) in [4.78, 5) is 0. The fourth-order valence-electron chi connectivity index (χ4n) is 1.17. The third kappa shape index (κ3) is 4.34. The summed E-state index contributed by atoms with van der Waals surface area (Å²) in [6.45, 7) is 1.80. The fraction of sp³-hybridized carbons (Fsp3) is 0.400. The van der Waals surface area contributed by atoms with Gasteiger partial charge in [-0.25, -0.2) is 0 Å². The van der Waals surface area contributed by atoms with E-state index in [4.69, 9.17) is 4.42 Å². The van der Waals surface area contributed by atoms with Gasteiger partial charge in [-0.15, -0.1) is 10.2 Å². The third-order valence-electron chi connectivity index (χ3n) is 1.98. The van der Waals surface area contributed by atoms with Crippen molar-refractivity contribution in [3.05, 3.63) is 24.2 Å². The number of aromatic nitrogens is 2. The molecule has 4 nitrogen and oxygen atoms in total. The Bertz CT molecular complexity index is 430. The highest BCUT2D eigenvalue weighted by Crippen LogP contribution is 2.26. The van der Waals surface area contributed by atoms with E-state index in [-0.39, 0.29) is 0 Å². The second kappa shape index (κ2) is 7.05. The summed E-state index contributed by atoms with van der Waals surface area (Å²) in [6.07, 6.45) is 5.47. The molecule has 0 saturated carbocycles. The lowest BCUT2D eigenvalue weighted by Crippen LogP contribution is -2.15. The molecule has 0 aliphatic heterocycles. The summed E-state index contributed by atoms with van der Waals surface area (Å²) in [7, 11) is 0. The monoisotopic (exact) mass is 287 g/mol. The topological polar surface area (TPSA) is 51.0 Å². The Morgan fingerprint density at radius 1 is 1.41 bits per heavy atom. The lowest BCUT2D eigenvalue weighted by Gasteiger charge is -2.00. The number of thioether (sulfide) groups is 2. The predicted octanol–water partition coefficient (Wildman–Crippen LogP) is 2.73. The van der Waals surface area contributed by atoms with Crippen molar-refractivity contribution in [1.82, 2.24) is 15.5 Å². The number of hydrogen-bond acceptors (Lipinski definition) is 7. The SMILES string of the molecule is CSc1nnc(SCCNCc2ccoc2)s1. The molecule has 2 aromatic heterocycles. The lowest BCUT2D eigenvalue weighted by molar-refractivity contribution is 0.561. The first-order valence-electron chi connectivity index (χ1n) is 5.10. The van der Waals surface area contributed by atoms with Crippen LogP contribution in [0.2, 0.25) is 0 Å². The summed E-state index contributed by atoms with van der Waals surface area (Å²) in [6, 6.07) is 1.97. The Kier molecular flexibility index (Phi) is 5.37. The van der Waals surface area contributed by atoms with E-state index in [1.54, 1.807) is 47.4 Å². The Balaban J connectivity index is 1.60. The van der Waals surface area contributed by atoms with Crippen molar-refractivity contribution >= 4 is 34.9 Å². The first-order valence-corrected chi connectivity index (χ1v) is 8.13. The second-order valence-corrected chi connectivity index (χ2v) is 6.57. The molecular formula is C10H13N3OS3. The first-order chi connectivity index (χ1) is 8.38. The number of furan rings is 1. The summed E-state index contributed by atoms with van der Waals surface area (Å²) in [5.41, 5.74) is 1.18. The van der Waals surface area contributed by atoms with E-state index >= 15 is 0 Å². The van der Waals surface area contributed by atoms with E-state index in [0.717, 1.165) is 27.5 Å². The van der Waals surface area contributed by atoms with Crippen LogP contribution in [0.4, 0.5) is 0 Å². The van der Waals surface area contributed by atoms with Crippen LogP contribution >= 0.6 is 34.9 Å². The number of hydrogen-bond donors (Lipinski definition) is 1. The highest BCUT2D eigenvalue weighted by molar-refractivity contribution is 8.02. The maximum Gasteiger partial charge on any atom is 0.175 e. The van der Waals surface area contributed by atoms with Gasteiger partial charge in [0.1, 0.15) is 0 Å². The molecular weight excluding hydrogens is 274 g/mol. The average Bonchev–Trinajstić information content (AvgIpc) is 2.99. The van der Waals surface area contributed by atoms with E-state index in [9.17, 15) is 0 Å². The van der Waals surface area contributed by atoms with Gasteiger partial charge in [-0.2, -0.15) is 0 Å². The van der Waals surface area contributed by atoms with Crippen molar-refractivity contribution in [3.8, 4) is 0 Å². The van der Waals surface area contributed by atoms with Crippen molar-refractivity contribution in [1.29, 1.82) is 0 Å². The molecule has 0 aromatic carbocycles. The molecule has 0 spiro atoms. The van der Waals surface area contributed by atoms with Crippen LogP contribution in [0.3, 0.4) is 0 Å². The summed E-state index contributed by atoms with van der Waals surface area (Å²) in [5.74, 6) is 1.00. The van der Waals surface area contributed by atoms with Gasteiger partial charge in [-0.3, -0.25) is 0 Å². The number of rotatable bonds is 7. The van der Waals surface area contributed by atoms with Crippen molar-refractivity contribution in [3.63, 3.8) is 0 Å². The molecule has 0 fully saturated rings. The van der Waals surface area contributed by atoms with Crippen molar-refractivity contribution in [2.45, 2.75) is 15.2 Å². The smallest absolute Gasteiger partial charge is 0.175 e. The van der Waals surface area contributed by atoms with Crippen LogP contribution in [0, 0.1) is 0 Å². The van der Waals surface area contributed by atoms with Gasteiger partial charge in [-0.05, 0) is 12.3 Å². The molecule has 0 amide bonds. The van der Waals surface area contributed by atoms with Crippen molar-refractivity contribution < 1.29 is 4.42 Å². The van der Waals surface area contributed by atoms with Gasteiger partial charge in [0.15, 0.2) is 8.68 Å². The van der Waals surface area contributed by atoms with Gasteiger partial charge >= 0.3 is 0 Å². The Morgan fingerprint density at radius 3 is 3.00 bits per heavy atom. The molecule has 2 aromatic rings. The van der Waals surface area contributed by atoms with Crippen molar-refractivity contribution in [2.24, 2.45) is 0 Å². The molecule has 7 heteroatoms. The van der Waals surface area contributed by atoms with Crippen LogP contribution in [0.15, 0.2) is 31.7 Å². The molecule has 2 rings (SSSR count). The average molecular weight is 287 g/mol. The van der Waals surface area contributed by atoms with Crippen LogP contribution in [-0.4, -0.2) is 28.8 Å². The summed E-state index contributed by atoms with van der Waals surface area (Å²) < 4.78 is 7.06. The molecule has 92 valence electrons. The minimum Gasteiger partial charge on any atom is -0.472 e. The largest absolute Gasteiger partial charge is 0.472 e. The summed E-state index contributed by atoms with van der Waals surface area (Å²) in [5, 5.41) is 11.5. The molecule has 1 N–H and O–H groups in total. The van der Waals surface area contributed by atoms with Gasteiger partial charge < -0.3 is 9.73 Å². The molecule has 0 atom stereocenters. The molecule has 0 bridgehead atoms. The molecule has 0 aliphatic rings. The van der Waals surface area contributed by atoms with E-state index in [1.165, 1.54) is 5.56 Å². The highest BCUT2D eigenvalue weighted by Gasteiger charge is 2.02. The van der Waals surface area contributed by atoms with Gasteiger partial charge in [-0.1, -0.05) is 34.9 Å². The van der Waals surface area contributed by atoms with Gasteiger partial charge in [0.05, 0.1) is 12.5 Å². The minimum atomic E-state index is 0.850.